The van der Waals surface area contributed by atoms with E-state index >= 15 is 0 Å². The molecule has 0 bridgehead atoms. The van der Waals surface area contributed by atoms with Crippen LogP contribution in [-0.4, -0.2) is 23.6 Å². The number of nitrogens with two attached hydrogens (primary N) is 1. The molecule has 1 amide bonds. The van der Waals surface area contributed by atoms with Gasteiger partial charge in [0.05, 0.1) is 23.5 Å². The van der Waals surface area contributed by atoms with E-state index in [1.165, 1.54) is 0 Å². The van der Waals surface area contributed by atoms with Crippen LogP contribution in [0.1, 0.15) is 6.42 Å². The Bertz CT molecular complexity index is 516. The Morgan fingerprint density at radius 2 is 2.38 bits per heavy atom. The van der Waals surface area contributed by atoms with Crippen molar-refractivity contribution in [3.8, 4) is 0 Å². The van der Waals surface area contributed by atoms with E-state index in [1.54, 1.807) is 6.20 Å². The molecular formula is C12H11N3O. The molecule has 0 aromatic heterocycles. The molecule has 2 N–H and O–H groups in total. The lowest BCUT2D eigenvalue weighted by Gasteiger charge is -2.33. The van der Waals surface area contributed by atoms with E-state index in [2.05, 4.69) is 11.1 Å². The minimum absolute atomic E-state index is 0.384. The number of amides is 1. The van der Waals surface area contributed by atoms with Gasteiger partial charge in [-0.3, -0.25) is 9.79 Å². The van der Waals surface area contributed by atoms with Gasteiger partial charge in [0, 0.05) is 12.4 Å². The van der Waals surface area contributed by atoms with Gasteiger partial charge in [-0.15, -0.1) is 0 Å². The van der Waals surface area contributed by atoms with Crippen LogP contribution in [0, 0.1) is 0 Å². The number of carbonyl (C=O) groups excluding carboxylic acids is 1. The summed E-state index contributed by atoms with van der Waals surface area (Å²) in [5, 5.41) is 0. The van der Waals surface area contributed by atoms with Crippen LogP contribution in [0.5, 0.6) is 0 Å². The molecule has 0 fully saturated rings. The minimum atomic E-state index is -0.384. The van der Waals surface area contributed by atoms with Gasteiger partial charge >= 0.3 is 0 Å². The van der Waals surface area contributed by atoms with Gasteiger partial charge in [-0.25, -0.2) is 0 Å². The quantitative estimate of drug-likeness (QED) is 0.702. The van der Waals surface area contributed by atoms with Gasteiger partial charge in [-0.1, -0.05) is 6.08 Å². The highest BCUT2D eigenvalue weighted by atomic mass is 16.1. The van der Waals surface area contributed by atoms with Gasteiger partial charge in [-0.2, -0.15) is 0 Å². The lowest BCUT2D eigenvalue weighted by molar-refractivity contribution is -0.114. The van der Waals surface area contributed by atoms with Crippen LogP contribution < -0.4 is 5.73 Å². The Hall–Kier alpha value is -2.10. The molecule has 0 saturated carbocycles. The zero-order valence-electron chi connectivity index (χ0n) is 8.68. The summed E-state index contributed by atoms with van der Waals surface area (Å²) in [6.07, 6.45) is 10.4. The van der Waals surface area contributed by atoms with Crippen LogP contribution in [0.4, 0.5) is 0 Å². The monoisotopic (exact) mass is 213 g/mol. The van der Waals surface area contributed by atoms with Gasteiger partial charge in [0.25, 0.3) is 0 Å². The average molecular weight is 213 g/mol. The summed E-state index contributed by atoms with van der Waals surface area (Å²) < 4.78 is 0. The molecule has 4 heteroatoms. The Kier molecular flexibility index (Phi) is 1.83. The summed E-state index contributed by atoms with van der Waals surface area (Å²) in [7, 11) is 0. The van der Waals surface area contributed by atoms with Crippen molar-refractivity contribution in [1.82, 2.24) is 4.90 Å². The normalized spacial score (nSPS) is 21.6. The van der Waals surface area contributed by atoms with E-state index in [0.29, 0.717) is 12.1 Å². The largest absolute Gasteiger partial charge is 0.366 e. The smallest absolute Gasteiger partial charge is 0.250 e. The number of hydrogen-bond donors (Lipinski definition) is 1. The second-order valence-electron chi connectivity index (χ2n) is 3.92. The third-order valence-corrected chi connectivity index (χ3v) is 2.87. The highest BCUT2D eigenvalue weighted by molar-refractivity contribution is 5.95. The summed E-state index contributed by atoms with van der Waals surface area (Å²) in [6, 6.07) is 0. The molecule has 0 unspecified atom stereocenters. The second-order valence-corrected chi connectivity index (χ2v) is 3.92. The van der Waals surface area contributed by atoms with Gasteiger partial charge in [0.1, 0.15) is 0 Å². The third-order valence-electron chi connectivity index (χ3n) is 2.87. The number of allylic oxidation sites excluding steroid dienone is 3. The minimum Gasteiger partial charge on any atom is -0.366 e. The summed E-state index contributed by atoms with van der Waals surface area (Å²) in [4.78, 5) is 17.6. The van der Waals surface area contributed by atoms with Gasteiger partial charge < -0.3 is 10.6 Å². The van der Waals surface area contributed by atoms with Gasteiger partial charge in [0.2, 0.25) is 5.91 Å². The van der Waals surface area contributed by atoms with E-state index in [1.807, 2.05) is 23.3 Å². The maximum atomic E-state index is 11.2. The first-order valence-electron chi connectivity index (χ1n) is 5.18. The van der Waals surface area contributed by atoms with E-state index in [4.69, 9.17) is 5.73 Å². The standard InChI is InChI=1S/C12H11N3O/c13-12(16)9-6-8-2-1-3-10-11(8)15(7-9)5-4-14-10/h1,3-4,6-7H,2,5H2,(H2,13,16). The topological polar surface area (TPSA) is 58.7 Å². The predicted molar refractivity (Wildman–Crippen MR) is 61.3 cm³/mol. The van der Waals surface area contributed by atoms with E-state index in [0.717, 1.165) is 23.4 Å². The first-order chi connectivity index (χ1) is 7.75. The number of nitrogens with zero attached hydrogens (tertiary/aromatic N) is 2. The van der Waals surface area contributed by atoms with E-state index in [-0.39, 0.29) is 5.91 Å². The highest BCUT2D eigenvalue weighted by Crippen LogP contribution is 2.34. The summed E-state index contributed by atoms with van der Waals surface area (Å²) in [5.41, 5.74) is 9.06. The fourth-order valence-corrected chi connectivity index (χ4v) is 2.16. The predicted octanol–water partition coefficient (Wildman–Crippen LogP) is 0.854. The molecule has 0 aromatic carbocycles. The SMILES string of the molecule is NC(=O)C1=CN2CC=NC3=C2C(=C1)CC=C3. The van der Waals surface area contributed by atoms with Crippen LogP contribution in [0.3, 0.4) is 0 Å². The maximum Gasteiger partial charge on any atom is 0.250 e. The Morgan fingerprint density at radius 3 is 3.19 bits per heavy atom. The zero-order valence-corrected chi connectivity index (χ0v) is 8.68. The molecule has 0 saturated heterocycles. The molecule has 4 nitrogen and oxygen atoms in total. The summed E-state index contributed by atoms with van der Waals surface area (Å²) in [6.45, 7) is 0.695. The molecule has 0 aromatic rings. The van der Waals surface area contributed by atoms with Crippen molar-refractivity contribution in [3.05, 3.63) is 47.0 Å². The number of primary amides is 1. The second kappa shape index (κ2) is 3.20. The Balaban J connectivity index is 2.14. The summed E-state index contributed by atoms with van der Waals surface area (Å²) in [5.74, 6) is -0.384. The fourth-order valence-electron chi connectivity index (χ4n) is 2.16. The van der Waals surface area contributed by atoms with Gasteiger partial charge in [0.15, 0.2) is 0 Å². The van der Waals surface area contributed by atoms with Crippen LogP contribution in [0.15, 0.2) is 52.0 Å². The molecule has 2 aliphatic heterocycles. The first-order valence-corrected chi connectivity index (χ1v) is 5.18. The van der Waals surface area contributed by atoms with Crippen LogP contribution in [-0.2, 0) is 4.79 Å². The first kappa shape index (κ1) is 9.15. The lowest BCUT2D eigenvalue weighted by atomic mass is 9.94. The molecule has 3 rings (SSSR count). The van der Waals surface area contributed by atoms with E-state index < -0.39 is 0 Å². The van der Waals surface area contributed by atoms with Gasteiger partial charge in [-0.05, 0) is 24.1 Å². The highest BCUT2D eigenvalue weighted by Gasteiger charge is 2.25. The van der Waals surface area contributed by atoms with Crippen molar-refractivity contribution in [1.29, 1.82) is 0 Å². The zero-order chi connectivity index (χ0) is 11.1. The molecule has 3 aliphatic rings. The number of hydrogen-bond acceptors (Lipinski definition) is 3. The van der Waals surface area contributed by atoms with Crippen molar-refractivity contribution in [2.24, 2.45) is 10.7 Å². The average Bonchev–Trinajstić information content (AvgIpc) is 2.29. The molecule has 0 atom stereocenters. The van der Waals surface area contributed by atoms with Crippen molar-refractivity contribution in [2.75, 3.05) is 6.54 Å². The Labute approximate surface area is 93.1 Å². The number of rotatable bonds is 1. The molecular weight excluding hydrogens is 202 g/mol. The van der Waals surface area contributed by atoms with Crippen LogP contribution in [0.2, 0.25) is 0 Å². The number of carbonyl (C=O) groups is 1. The lowest BCUT2D eigenvalue weighted by Crippen LogP contribution is -2.30. The molecule has 2 heterocycles. The van der Waals surface area contributed by atoms with Crippen molar-refractivity contribution >= 4 is 12.1 Å². The van der Waals surface area contributed by atoms with Crippen molar-refractivity contribution in [3.63, 3.8) is 0 Å². The Morgan fingerprint density at radius 1 is 1.50 bits per heavy atom. The maximum absolute atomic E-state index is 11.2. The van der Waals surface area contributed by atoms with Crippen LogP contribution >= 0.6 is 0 Å². The molecule has 16 heavy (non-hydrogen) atoms. The third kappa shape index (κ3) is 1.23. The van der Waals surface area contributed by atoms with Crippen molar-refractivity contribution in [2.45, 2.75) is 6.42 Å². The molecule has 1 aliphatic carbocycles. The number of aliphatic imine (C=N–C) groups is 1. The van der Waals surface area contributed by atoms with Crippen LogP contribution in [0.25, 0.3) is 0 Å². The molecule has 80 valence electrons. The van der Waals surface area contributed by atoms with Crippen molar-refractivity contribution < 1.29 is 4.79 Å². The molecule has 0 radical (unpaired) electrons. The molecule has 0 spiro atoms. The van der Waals surface area contributed by atoms with E-state index in [9.17, 15) is 4.79 Å². The summed E-state index contributed by atoms with van der Waals surface area (Å²) >= 11 is 0. The fraction of sp³-hybridized carbons (Fsp3) is 0.167.